The molecule has 2 rings (SSSR count). The first kappa shape index (κ1) is 14.5. The van der Waals surface area contributed by atoms with Crippen LogP contribution < -0.4 is 10.5 Å². The number of nitrogens with one attached hydrogen (secondary N) is 1. The summed E-state index contributed by atoms with van der Waals surface area (Å²) in [7, 11) is -3.58. The molecule has 0 bridgehead atoms. The van der Waals surface area contributed by atoms with Crippen LogP contribution >= 0.6 is 0 Å². The summed E-state index contributed by atoms with van der Waals surface area (Å²) in [5, 5.41) is 0. The van der Waals surface area contributed by atoms with Gasteiger partial charge in [0.05, 0.1) is 17.1 Å². The first-order chi connectivity index (χ1) is 9.38. The standard InChI is InChI=1S/C14H17N3O2S/c1-10-6-7-13(8-14(10)15)20(18,19)16-9-12-5-3-4-11(2)17-12/h3-8,16H,9,15H2,1-2H3. The highest BCUT2D eigenvalue weighted by atomic mass is 32.2. The van der Waals surface area contributed by atoms with E-state index >= 15 is 0 Å². The largest absolute Gasteiger partial charge is 0.398 e. The van der Waals surface area contributed by atoms with Crippen molar-refractivity contribution in [2.75, 3.05) is 5.73 Å². The molecule has 0 fully saturated rings. The van der Waals surface area contributed by atoms with E-state index in [2.05, 4.69) is 9.71 Å². The van der Waals surface area contributed by atoms with E-state index in [1.165, 1.54) is 12.1 Å². The minimum Gasteiger partial charge on any atom is -0.398 e. The average molecular weight is 291 g/mol. The Hall–Kier alpha value is -1.92. The molecule has 0 aliphatic heterocycles. The molecule has 0 unspecified atom stereocenters. The SMILES string of the molecule is Cc1cccc(CNS(=O)(=O)c2ccc(C)c(N)c2)n1. The number of rotatable bonds is 4. The molecule has 0 amide bonds. The van der Waals surface area contributed by atoms with E-state index in [0.717, 1.165) is 11.3 Å². The molecule has 2 aromatic rings. The maximum atomic E-state index is 12.2. The van der Waals surface area contributed by atoms with Gasteiger partial charge in [-0.15, -0.1) is 0 Å². The van der Waals surface area contributed by atoms with E-state index < -0.39 is 10.0 Å². The van der Waals surface area contributed by atoms with Crippen LogP contribution in [0.1, 0.15) is 17.0 Å². The van der Waals surface area contributed by atoms with Gasteiger partial charge in [-0.3, -0.25) is 4.98 Å². The monoisotopic (exact) mass is 291 g/mol. The Labute approximate surface area is 118 Å². The normalized spacial score (nSPS) is 11.5. The van der Waals surface area contributed by atoms with Crippen LogP contribution in [0, 0.1) is 13.8 Å². The van der Waals surface area contributed by atoms with Crippen molar-refractivity contribution in [2.45, 2.75) is 25.3 Å². The zero-order chi connectivity index (χ0) is 14.8. The number of aromatic nitrogens is 1. The number of hydrogen-bond donors (Lipinski definition) is 2. The van der Waals surface area contributed by atoms with Crippen LogP contribution in [0.25, 0.3) is 0 Å². The van der Waals surface area contributed by atoms with Gasteiger partial charge in [-0.1, -0.05) is 12.1 Å². The molecule has 0 saturated carbocycles. The van der Waals surface area contributed by atoms with Crippen molar-refractivity contribution in [3.63, 3.8) is 0 Å². The fraction of sp³-hybridized carbons (Fsp3) is 0.214. The Morgan fingerprint density at radius 2 is 1.95 bits per heavy atom. The number of pyridine rings is 1. The van der Waals surface area contributed by atoms with Crippen molar-refractivity contribution >= 4 is 15.7 Å². The minimum absolute atomic E-state index is 0.151. The lowest BCUT2D eigenvalue weighted by Gasteiger charge is -2.08. The molecule has 106 valence electrons. The van der Waals surface area contributed by atoms with Gasteiger partial charge in [0, 0.05) is 11.4 Å². The second-order valence-electron chi connectivity index (χ2n) is 4.61. The van der Waals surface area contributed by atoms with Gasteiger partial charge in [-0.2, -0.15) is 0 Å². The van der Waals surface area contributed by atoms with Gasteiger partial charge in [0.2, 0.25) is 10.0 Å². The second-order valence-corrected chi connectivity index (χ2v) is 6.38. The molecular weight excluding hydrogens is 274 g/mol. The van der Waals surface area contributed by atoms with Crippen molar-refractivity contribution in [1.29, 1.82) is 0 Å². The summed E-state index contributed by atoms with van der Waals surface area (Å²) in [4.78, 5) is 4.41. The Morgan fingerprint density at radius 1 is 1.20 bits per heavy atom. The smallest absolute Gasteiger partial charge is 0.240 e. The van der Waals surface area contributed by atoms with Gasteiger partial charge in [-0.25, -0.2) is 13.1 Å². The maximum absolute atomic E-state index is 12.2. The molecule has 0 aliphatic rings. The number of anilines is 1. The van der Waals surface area contributed by atoms with Crippen LogP contribution in [0.5, 0.6) is 0 Å². The van der Waals surface area contributed by atoms with Gasteiger partial charge in [0.1, 0.15) is 0 Å². The predicted molar refractivity (Wildman–Crippen MR) is 78.6 cm³/mol. The van der Waals surface area contributed by atoms with Crippen LogP contribution in [0.2, 0.25) is 0 Å². The zero-order valence-corrected chi connectivity index (χ0v) is 12.2. The van der Waals surface area contributed by atoms with Crippen molar-refractivity contribution < 1.29 is 8.42 Å². The van der Waals surface area contributed by atoms with Gasteiger partial charge in [-0.05, 0) is 43.7 Å². The molecule has 0 saturated heterocycles. The number of hydrogen-bond acceptors (Lipinski definition) is 4. The Kier molecular flexibility index (Phi) is 4.06. The van der Waals surface area contributed by atoms with Crippen LogP contribution in [0.15, 0.2) is 41.3 Å². The number of nitrogens with zero attached hydrogens (tertiary/aromatic N) is 1. The highest BCUT2D eigenvalue weighted by Gasteiger charge is 2.14. The Bertz CT molecular complexity index is 727. The number of nitrogen functional groups attached to an aromatic ring is 1. The van der Waals surface area contributed by atoms with E-state index in [1.807, 2.05) is 26.0 Å². The number of benzene rings is 1. The first-order valence-electron chi connectivity index (χ1n) is 6.17. The van der Waals surface area contributed by atoms with E-state index in [1.54, 1.807) is 12.1 Å². The fourth-order valence-electron chi connectivity index (χ4n) is 1.74. The number of nitrogens with two attached hydrogens (primary N) is 1. The number of sulfonamides is 1. The van der Waals surface area contributed by atoms with E-state index in [-0.39, 0.29) is 11.4 Å². The summed E-state index contributed by atoms with van der Waals surface area (Å²) >= 11 is 0. The molecule has 6 heteroatoms. The molecule has 1 heterocycles. The summed E-state index contributed by atoms with van der Waals surface area (Å²) in [6, 6.07) is 10.2. The Balaban J connectivity index is 2.17. The lowest BCUT2D eigenvalue weighted by atomic mass is 10.2. The first-order valence-corrected chi connectivity index (χ1v) is 7.65. The van der Waals surface area contributed by atoms with Gasteiger partial charge in [0.15, 0.2) is 0 Å². The average Bonchev–Trinajstić information content (AvgIpc) is 2.40. The van der Waals surface area contributed by atoms with Crippen molar-refractivity contribution in [1.82, 2.24) is 9.71 Å². The molecule has 0 radical (unpaired) electrons. The summed E-state index contributed by atoms with van der Waals surface area (Å²) in [5.74, 6) is 0. The highest BCUT2D eigenvalue weighted by Crippen LogP contribution is 2.17. The van der Waals surface area contributed by atoms with Crippen LogP contribution in [-0.4, -0.2) is 13.4 Å². The lowest BCUT2D eigenvalue weighted by molar-refractivity contribution is 0.580. The summed E-state index contributed by atoms with van der Waals surface area (Å²) in [6.07, 6.45) is 0. The molecule has 5 nitrogen and oxygen atoms in total. The summed E-state index contributed by atoms with van der Waals surface area (Å²) in [6.45, 7) is 3.84. The lowest BCUT2D eigenvalue weighted by Crippen LogP contribution is -2.24. The summed E-state index contributed by atoms with van der Waals surface area (Å²) in [5.41, 5.74) is 8.57. The van der Waals surface area contributed by atoms with E-state index in [9.17, 15) is 8.42 Å². The topological polar surface area (TPSA) is 85.1 Å². The molecular formula is C14H17N3O2S. The highest BCUT2D eigenvalue weighted by molar-refractivity contribution is 7.89. The molecule has 0 atom stereocenters. The molecule has 20 heavy (non-hydrogen) atoms. The van der Waals surface area contributed by atoms with Gasteiger partial charge < -0.3 is 5.73 Å². The quantitative estimate of drug-likeness (QED) is 0.841. The third-order valence-corrected chi connectivity index (χ3v) is 4.35. The van der Waals surface area contributed by atoms with Gasteiger partial charge >= 0.3 is 0 Å². The molecule has 3 N–H and O–H groups in total. The summed E-state index contributed by atoms with van der Waals surface area (Å²) < 4.78 is 26.8. The van der Waals surface area contributed by atoms with Crippen molar-refractivity contribution in [3.8, 4) is 0 Å². The predicted octanol–water partition coefficient (Wildman–Crippen LogP) is 1.76. The van der Waals surface area contributed by atoms with Crippen molar-refractivity contribution in [2.24, 2.45) is 0 Å². The third kappa shape index (κ3) is 3.34. The molecule has 0 aliphatic carbocycles. The third-order valence-electron chi connectivity index (χ3n) is 2.95. The van der Waals surface area contributed by atoms with Crippen LogP contribution in [-0.2, 0) is 16.6 Å². The second kappa shape index (κ2) is 5.60. The zero-order valence-electron chi connectivity index (χ0n) is 11.4. The van der Waals surface area contributed by atoms with E-state index in [0.29, 0.717) is 11.4 Å². The Morgan fingerprint density at radius 3 is 2.60 bits per heavy atom. The molecule has 0 spiro atoms. The van der Waals surface area contributed by atoms with Crippen LogP contribution in [0.3, 0.4) is 0 Å². The number of aryl methyl sites for hydroxylation is 2. The van der Waals surface area contributed by atoms with Gasteiger partial charge in [0.25, 0.3) is 0 Å². The molecule has 1 aromatic carbocycles. The maximum Gasteiger partial charge on any atom is 0.240 e. The fourth-order valence-corrected chi connectivity index (χ4v) is 2.77. The van der Waals surface area contributed by atoms with Crippen molar-refractivity contribution in [3.05, 3.63) is 53.3 Å². The molecule has 1 aromatic heterocycles. The minimum atomic E-state index is -3.58. The van der Waals surface area contributed by atoms with E-state index in [4.69, 9.17) is 5.73 Å². The van der Waals surface area contributed by atoms with Crippen LogP contribution in [0.4, 0.5) is 5.69 Å².